The van der Waals surface area contributed by atoms with Crippen LogP contribution in [0.5, 0.6) is 0 Å². The molecule has 5 heteroatoms. The van der Waals surface area contributed by atoms with Crippen LogP contribution in [0, 0.1) is 11.7 Å². The minimum atomic E-state index is -0.656. The van der Waals surface area contributed by atoms with Crippen molar-refractivity contribution in [2.75, 3.05) is 13.1 Å². The van der Waals surface area contributed by atoms with E-state index in [1.807, 2.05) is 27.7 Å². The van der Waals surface area contributed by atoms with Gasteiger partial charge in [0.15, 0.2) is 0 Å². The van der Waals surface area contributed by atoms with Crippen molar-refractivity contribution in [3.63, 3.8) is 0 Å². The van der Waals surface area contributed by atoms with E-state index < -0.39 is 17.8 Å². The molecule has 1 aromatic carbocycles. The lowest BCUT2D eigenvalue weighted by atomic mass is 10.0. The Morgan fingerprint density at radius 2 is 1.76 bits per heavy atom. The molecule has 0 spiro atoms. The van der Waals surface area contributed by atoms with Crippen LogP contribution in [0.4, 0.5) is 4.39 Å². The van der Waals surface area contributed by atoms with Crippen molar-refractivity contribution in [3.8, 4) is 0 Å². The van der Waals surface area contributed by atoms with Gasteiger partial charge in [-0.3, -0.25) is 9.59 Å². The molecular formula is C16H23FN2O2. The fourth-order valence-electron chi connectivity index (χ4n) is 2.11. The molecule has 1 N–H and O–H groups in total. The molecule has 0 saturated carbocycles. The molecule has 0 fully saturated rings. The highest BCUT2D eigenvalue weighted by molar-refractivity contribution is 5.97. The predicted octanol–water partition coefficient (Wildman–Crippen LogP) is 2.45. The molecule has 116 valence electrons. The Morgan fingerprint density at radius 3 is 2.24 bits per heavy atom. The van der Waals surface area contributed by atoms with E-state index in [4.69, 9.17) is 0 Å². The van der Waals surface area contributed by atoms with Gasteiger partial charge in [0, 0.05) is 13.1 Å². The van der Waals surface area contributed by atoms with Crippen LogP contribution in [-0.4, -0.2) is 35.8 Å². The average Bonchev–Trinajstić information content (AvgIpc) is 2.45. The van der Waals surface area contributed by atoms with Crippen molar-refractivity contribution in [3.05, 3.63) is 35.6 Å². The molecule has 0 aliphatic rings. The molecular weight excluding hydrogens is 271 g/mol. The first kappa shape index (κ1) is 17.1. The quantitative estimate of drug-likeness (QED) is 0.876. The minimum Gasteiger partial charge on any atom is -0.341 e. The summed E-state index contributed by atoms with van der Waals surface area (Å²) in [5.41, 5.74) is -0.0458. The van der Waals surface area contributed by atoms with Gasteiger partial charge in [-0.15, -0.1) is 0 Å². The van der Waals surface area contributed by atoms with Gasteiger partial charge in [-0.2, -0.15) is 0 Å². The van der Waals surface area contributed by atoms with E-state index >= 15 is 0 Å². The first-order valence-corrected chi connectivity index (χ1v) is 7.26. The summed E-state index contributed by atoms with van der Waals surface area (Å²) in [5.74, 6) is -1.37. The van der Waals surface area contributed by atoms with Crippen molar-refractivity contribution in [1.29, 1.82) is 0 Å². The third-order valence-corrected chi connectivity index (χ3v) is 3.41. The molecule has 0 saturated heterocycles. The van der Waals surface area contributed by atoms with Crippen LogP contribution in [0.25, 0.3) is 0 Å². The van der Waals surface area contributed by atoms with Crippen LogP contribution < -0.4 is 5.32 Å². The predicted molar refractivity (Wildman–Crippen MR) is 80.4 cm³/mol. The fraction of sp³-hybridized carbons (Fsp3) is 0.500. The van der Waals surface area contributed by atoms with Gasteiger partial charge in [0.2, 0.25) is 5.91 Å². The normalized spacial score (nSPS) is 12.1. The molecule has 1 rings (SSSR count). The Morgan fingerprint density at radius 1 is 1.19 bits per heavy atom. The third kappa shape index (κ3) is 4.28. The van der Waals surface area contributed by atoms with Crippen molar-refractivity contribution >= 4 is 11.8 Å². The van der Waals surface area contributed by atoms with Crippen LogP contribution in [0.3, 0.4) is 0 Å². The number of carbonyl (C=O) groups is 2. The summed E-state index contributed by atoms with van der Waals surface area (Å²) >= 11 is 0. The SMILES string of the molecule is CCN(CC)C(=O)C(NC(=O)c1ccccc1F)C(C)C. The maximum absolute atomic E-state index is 13.6. The van der Waals surface area contributed by atoms with E-state index in [1.54, 1.807) is 11.0 Å². The second kappa shape index (κ2) is 7.76. The van der Waals surface area contributed by atoms with Gasteiger partial charge in [-0.1, -0.05) is 26.0 Å². The number of likely N-dealkylation sites (N-methyl/N-ethyl adjacent to an activating group) is 1. The molecule has 0 radical (unpaired) electrons. The monoisotopic (exact) mass is 294 g/mol. The van der Waals surface area contributed by atoms with E-state index in [0.29, 0.717) is 13.1 Å². The summed E-state index contributed by atoms with van der Waals surface area (Å²) in [6.07, 6.45) is 0. The molecule has 0 aliphatic carbocycles. The molecule has 0 bridgehead atoms. The van der Waals surface area contributed by atoms with Crippen LogP contribution in [-0.2, 0) is 4.79 Å². The molecule has 4 nitrogen and oxygen atoms in total. The van der Waals surface area contributed by atoms with Gasteiger partial charge >= 0.3 is 0 Å². The number of nitrogens with zero attached hydrogens (tertiary/aromatic N) is 1. The maximum atomic E-state index is 13.6. The number of nitrogens with one attached hydrogen (secondary N) is 1. The number of hydrogen-bond donors (Lipinski definition) is 1. The lowest BCUT2D eigenvalue weighted by Crippen LogP contribution is -2.51. The van der Waals surface area contributed by atoms with Gasteiger partial charge in [0.1, 0.15) is 11.9 Å². The van der Waals surface area contributed by atoms with Gasteiger partial charge in [0.05, 0.1) is 5.56 Å². The summed E-state index contributed by atoms with van der Waals surface area (Å²) in [4.78, 5) is 26.2. The van der Waals surface area contributed by atoms with Crippen LogP contribution >= 0.6 is 0 Å². The van der Waals surface area contributed by atoms with Crippen molar-refractivity contribution in [2.45, 2.75) is 33.7 Å². The van der Waals surface area contributed by atoms with Gasteiger partial charge in [-0.05, 0) is 31.9 Å². The second-order valence-electron chi connectivity index (χ2n) is 5.19. The first-order valence-electron chi connectivity index (χ1n) is 7.26. The number of benzene rings is 1. The first-order chi connectivity index (χ1) is 9.92. The van der Waals surface area contributed by atoms with Crippen molar-refractivity contribution in [1.82, 2.24) is 10.2 Å². The highest BCUT2D eigenvalue weighted by atomic mass is 19.1. The standard InChI is InChI=1S/C16H23FN2O2/c1-5-19(6-2)16(21)14(11(3)4)18-15(20)12-9-7-8-10-13(12)17/h7-11,14H,5-6H2,1-4H3,(H,18,20). The highest BCUT2D eigenvalue weighted by Crippen LogP contribution is 2.10. The third-order valence-electron chi connectivity index (χ3n) is 3.41. The summed E-state index contributed by atoms with van der Waals surface area (Å²) in [6.45, 7) is 8.64. The Kier molecular flexibility index (Phi) is 6.34. The lowest BCUT2D eigenvalue weighted by Gasteiger charge is -2.28. The Bertz CT molecular complexity index is 499. The largest absolute Gasteiger partial charge is 0.341 e. The van der Waals surface area contributed by atoms with Crippen LogP contribution in [0.1, 0.15) is 38.1 Å². The van der Waals surface area contributed by atoms with Gasteiger partial charge in [0.25, 0.3) is 5.91 Å². The molecule has 21 heavy (non-hydrogen) atoms. The zero-order chi connectivity index (χ0) is 16.0. The molecule has 1 unspecified atom stereocenters. The average molecular weight is 294 g/mol. The molecule has 2 amide bonds. The van der Waals surface area contributed by atoms with Gasteiger partial charge < -0.3 is 10.2 Å². The number of halogens is 1. The van der Waals surface area contributed by atoms with E-state index in [2.05, 4.69) is 5.32 Å². The molecule has 0 aromatic heterocycles. The van der Waals surface area contributed by atoms with Gasteiger partial charge in [-0.25, -0.2) is 4.39 Å². The highest BCUT2D eigenvalue weighted by Gasteiger charge is 2.28. The Balaban J connectivity index is 2.91. The lowest BCUT2D eigenvalue weighted by molar-refractivity contribution is -0.133. The summed E-state index contributed by atoms with van der Waals surface area (Å²) < 4.78 is 13.6. The zero-order valence-electron chi connectivity index (χ0n) is 13.0. The molecule has 0 aliphatic heterocycles. The topological polar surface area (TPSA) is 49.4 Å². The van der Waals surface area contributed by atoms with Crippen molar-refractivity contribution < 1.29 is 14.0 Å². The van der Waals surface area contributed by atoms with E-state index in [1.165, 1.54) is 18.2 Å². The summed E-state index contributed by atoms with van der Waals surface area (Å²) in [6, 6.07) is 5.09. The van der Waals surface area contributed by atoms with Crippen LogP contribution in [0.2, 0.25) is 0 Å². The van der Waals surface area contributed by atoms with Crippen molar-refractivity contribution in [2.24, 2.45) is 5.92 Å². The van der Waals surface area contributed by atoms with E-state index in [9.17, 15) is 14.0 Å². The second-order valence-corrected chi connectivity index (χ2v) is 5.19. The summed E-state index contributed by atoms with van der Waals surface area (Å²) in [5, 5.41) is 2.65. The number of hydrogen-bond acceptors (Lipinski definition) is 2. The number of rotatable bonds is 6. The fourth-order valence-corrected chi connectivity index (χ4v) is 2.11. The number of carbonyl (C=O) groups excluding carboxylic acids is 2. The van der Waals surface area contributed by atoms with E-state index in [0.717, 1.165) is 0 Å². The Hall–Kier alpha value is -1.91. The van der Waals surface area contributed by atoms with Crippen LogP contribution in [0.15, 0.2) is 24.3 Å². The minimum absolute atomic E-state index is 0.0458. The van der Waals surface area contributed by atoms with E-state index in [-0.39, 0.29) is 17.4 Å². The molecule has 1 atom stereocenters. The summed E-state index contributed by atoms with van der Waals surface area (Å²) in [7, 11) is 0. The molecule has 1 aromatic rings. The zero-order valence-corrected chi connectivity index (χ0v) is 13.0. The Labute approximate surface area is 125 Å². The molecule has 0 heterocycles. The smallest absolute Gasteiger partial charge is 0.254 e. The maximum Gasteiger partial charge on any atom is 0.254 e. The number of amides is 2.